The van der Waals surface area contributed by atoms with Crippen molar-refractivity contribution in [1.29, 1.82) is 0 Å². The smallest absolute Gasteiger partial charge is 0.331 e. The molecule has 3 aromatic rings. The largest absolute Gasteiger partial charge is 0.467 e. The maximum Gasteiger partial charge on any atom is 0.331 e. The molecule has 2 aromatic carbocycles. The first kappa shape index (κ1) is 21.8. The topological polar surface area (TPSA) is 46.6 Å². The second-order valence-electron chi connectivity index (χ2n) is 7.89. The van der Waals surface area contributed by atoms with Crippen LogP contribution in [-0.4, -0.2) is 36.5 Å². The summed E-state index contributed by atoms with van der Waals surface area (Å²) in [6.45, 7) is 5.67. The van der Waals surface area contributed by atoms with E-state index in [2.05, 4.69) is 11.4 Å². The Morgan fingerprint density at radius 3 is 2.17 bits per heavy atom. The minimum atomic E-state index is -1.13. The van der Waals surface area contributed by atoms with Gasteiger partial charge in [-0.3, -0.25) is 4.79 Å². The molecule has 0 saturated heterocycles. The highest BCUT2D eigenvalue weighted by molar-refractivity contribution is 7.08. The zero-order chi connectivity index (χ0) is 21.9. The summed E-state index contributed by atoms with van der Waals surface area (Å²) in [5, 5.41) is 4.15. The Kier molecular flexibility index (Phi) is 6.42. The number of hydrogen-bond acceptors (Lipinski definition) is 4. The summed E-state index contributed by atoms with van der Waals surface area (Å²) in [5.74, 6) is -0.644. The first-order valence-electron chi connectivity index (χ1n) is 9.81. The number of nitrogens with zero attached hydrogens (tertiary/aromatic N) is 1. The quantitative estimate of drug-likeness (QED) is 0.509. The van der Waals surface area contributed by atoms with Gasteiger partial charge in [-0.05, 0) is 66.4 Å². The Hall–Kier alpha value is -2.92. The van der Waals surface area contributed by atoms with E-state index in [0.717, 1.165) is 22.3 Å². The number of carbonyl (C=O) groups excluding carboxylic acids is 2. The van der Waals surface area contributed by atoms with Gasteiger partial charge in [-0.15, -0.1) is 0 Å². The Labute approximate surface area is 182 Å². The Morgan fingerprint density at radius 2 is 1.63 bits per heavy atom. The summed E-state index contributed by atoms with van der Waals surface area (Å²) in [7, 11) is 3.02. The van der Waals surface area contributed by atoms with Crippen molar-refractivity contribution in [3.05, 3.63) is 81.5 Å². The normalized spacial score (nSPS) is 12.8. The van der Waals surface area contributed by atoms with Gasteiger partial charge in [0.25, 0.3) is 5.91 Å². The van der Waals surface area contributed by atoms with Gasteiger partial charge in [-0.1, -0.05) is 41.5 Å². The third-order valence-corrected chi connectivity index (χ3v) is 6.18. The molecule has 156 valence electrons. The van der Waals surface area contributed by atoms with Gasteiger partial charge >= 0.3 is 5.97 Å². The van der Waals surface area contributed by atoms with Crippen LogP contribution in [0.3, 0.4) is 0 Å². The van der Waals surface area contributed by atoms with Crippen molar-refractivity contribution in [3.8, 4) is 11.1 Å². The molecular weight excluding hydrogens is 394 g/mol. The number of amides is 1. The lowest BCUT2D eigenvalue weighted by Crippen LogP contribution is -2.55. The molecule has 0 fully saturated rings. The van der Waals surface area contributed by atoms with E-state index in [1.165, 1.54) is 17.6 Å². The molecule has 0 bridgehead atoms. The molecule has 30 heavy (non-hydrogen) atoms. The Balaban J connectivity index is 1.89. The first-order valence-corrected chi connectivity index (χ1v) is 10.8. The second kappa shape index (κ2) is 8.84. The van der Waals surface area contributed by atoms with E-state index >= 15 is 0 Å². The van der Waals surface area contributed by atoms with Crippen molar-refractivity contribution >= 4 is 23.2 Å². The first-order chi connectivity index (χ1) is 14.2. The molecule has 1 atom stereocenters. The van der Waals surface area contributed by atoms with E-state index < -0.39 is 11.5 Å². The maximum absolute atomic E-state index is 13.2. The van der Waals surface area contributed by atoms with Crippen LogP contribution in [-0.2, 0) is 16.0 Å². The van der Waals surface area contributed by atoms with Crippen LogP contribution in [0.25, 0.3) is 11.1 Å². The van der Waals surface area contributed by atoms with E-state index in [0.29, 0.717) is 12.0 Å². The molecule has 0 aliphatic rings. The maximum atomic E-state index is 13.2. The standard InChI is InChI=1S/C25H27NO3S/c1-17-12-18(2)14-22(13-17)23(27)26(4)25(3,24(28)29-5)15-19-6-8-20(9-7-19)21-10-11-30-16-21/h6-14,16H,15H2,1-5H3. The highest BCUT2D eigenvalue weighted by Gasteiger charge is 2.41. The molecule has 0 aliphatic carbocycles. The monoisotopic (exact) mass is 421 g/mol. The highest BCUT2D eigenvalue weighted by atomic mass is 32.1. The molecule has 1 aromatic heterocycles. The van der Waals surface area contributed by atoms with Crippen LogP contribution in [0.2, 0.25) is 0 Å². The lowest BCUT2D eigenvalue weighted by atomic mass is 9.89. The number of rotatable bonds is 6. The van der Waals surface area contributed by atoms with Gasteiger partial charge in [0.15, 0.2) is 0 Å². The van der Waals surface area contributed by atoms with Crippen LogP contribution in [0.15, 0.2) is 59.3 Å². The number of likely N-dealkylation sites (N-methyl/N-ethyl adjacent to an activating group) is 1. The molecule has 1 amide bonds. The predicted molar refractivity (Wildman–Crippen MR) is 122 cm³/mol. The molecule has 1 heterocycles. The van der Waals surface area contributed by atoms with Crippen LogP contribution in [0.1, 0.15) is 34.0 Å². The number of benzene rings is 2. The summed E-state index contributed by atoms with van der Waals surface area (Å²) in [6.07, 6.45) is 0.358. The summed E-state index contributed by atoms with van der Waals surface area (Å²) < 4.78 is 5.09. The Bertz CT molecular complexity index is 1020. The van der Waals surface area contributed by atoms with Gasteiger partial charge in [0.05, 0.1) is 7.11 Å². The number of thiophene rings is 1. The summed E-state index contributed by atoms with van der Waals surface area (Å²) >= 11 is 1.66. The van der Waals surface area contributed by atoms with E-state index in [4.69, 9.17) is 4.74 Å². The lowest BCUT2D eigenvalue weighted by Gasteiger charge is -2.36. The average molecular weight is 422 g/mol. The fourth-order valence-electron chi connectivity index (χ4n) is 3.70. The number of ether oxygens (including phenoxy) is 1. The molecular formula is C25H27NO3S. The van der Waals surface area contributed by atoms with Crippen molar-refractivity contribution in [2.75, 3.05) is 14.2 Å². The number of aryl methyl sites for hydroxylation is 2. The second-order valence-corrected chi connectivity index (χ2v) is 8.67. The zero-order valence-electron chi connectivity index (χ0n) is 18.1. The van der Waals surface area contributed by atoms with Crippen molar-refractivity contribution in [3.63, 3.8) is 0 Å². The summed E-state index contributed by atoms with van der Waals surface area (Å²) in [6, 6.07) is 15.9. The van der Waals surface area contributed by atoms with Gasteiger partial charge in [0.2, 0.25) is 0 Å². The number of esters is 1. The van der Waals surface area contributed by atoms with Crippen molar-refractivity contribution in [2.24, 2.45) is 0 Å². The zero-order valence-corrected chi connectivity index (χ0v) is 18.9. The van der Waals surface area contributed by atoms with Crippen LogP contribution >= 0.6 is 11.3 Å². The molecule has 0 spiro atoms. The molecule has 5 heteroatoms. The third-order valence-electron chi connectivity index (χ3n) is 5.50. The van der Waals surface area contributed by atoms with E-state index in [9.17, 15) is 9.59 Å². The van der Waals surface area contributed by atoms with E-state index in [1.54, 1.807) is 25.3 Å². The lowest BCUT2D eigenvalue weighted by molar-refractivity contribution is -0.152. The van der Waals surface area contributed by atoms with Crippen LogP contribution in [0, 0.1) is 13.8 Å². The predicted octanol–water partition coefficient (Wildman–Crippen LogP) is 5.28. The number of hydrogen-bond donors (Lipinski definition) is 0. The van der Waals surface area contributed by atoms with Crippen molar-refractivity contribution in [2.45, 2.75) is 32.7 Å². The summed E-state index contributed by atoms with van der Waals surface area (Å²) in [5.41, 5.74) is 4.71. The van der Waals surface area contributed by atoms with Crippen LogP contribution < -0.4 is 0 Å². The van der Waals surface area contributed by atoms with Gasteiger partial charge in [0.1, 0.15) is 5.54 Å². The average Bonchev–Trinajstić information content (AvgIpc) is 3.26. The molecule has 3 rings (SSSR count). The molecule has 1 unspecified atom stereocenters. The van der Waals surface area contributed by atoms with Gasteiger partial charge < -0.3 is 9.64 Å². The third kappa shape index (κ3) is 4.46. The fourth-order valence-corrected chi connectivity index (χ4v) is 4.37. The van der Waals surface area contributed by atoms with Crippen LogP contribution in [0.5, 0.6) is 0 Å². The summed E-state index contributed by atoms with van der Waals surface area (Å²) in [4.78, 5) is 27.5. The minimum Gasteiger partial charge on any atom is -0.467 e. The molecule has 0 N–H and O–H groups in total. The van der Waals surface area contributed by atoms with Gasteiger partial charge in [-0.25, -0.2) is 4.79 Å². The molecule has 0 aliphatic heterocycles. The fraction of sp³-hybridized carbons (Fsp3) is 0.280. The molecule has 4 nitrogen and oxygen atoms in total. The Morgan fingerprint density at radius 1 is 1.00 bits per heavy atom. The van der Waals surface area contributed by atoms with E-state index in [1.807, 2.05) is 61.7 Å². The molecule has 0 saturated carbocycles. The SMILES string of the molecule is COC(=O)C(C)(Cc1ccc(-c2ccsc2)cc1)N(C)C(=O)c1cc(C)cc(C)c1. The van der Waals surface area contributed by atoms with Crippen molar-refractivity contribution in [1.82, 2.24) is 4.90 Å². The minimum absolute atomic E-state index is 0.204. The molecule has 0 radical (unpaired) electrons. The highest BCUT2D eigenvalue weighted by Crippen LogP contribution is 2.27. The number of carbonyl (C=O) groups is 2. The van der Waals surface area contributed by atoms with Crippen molar-refractivity contribution < 1.29 is 14.3 Å². The van der Waals surface area contributed by atoms with E-state index in [-0.39, 0.29) is 5.91 Å². The van der Waals surface area contributed by atoms with Crippen LogP contribution in [0.4, 0.5) is 0 Å². The van der Waals surface area contributed by atoms with Gasteiger partial charge in [0, 0.05) is 19.0 Å². The van der Waals surface area contributed by atoms with Gasteiger partial charge in [-0.2, -0.15) is 11.3 Å². The number of methoxy groups -OCH3 is 1.